The maximum atomic E-state index is 10.0. The number of benzene rings is 1. The van der Waals surface area contributed by atoms with Crippen molar-refractivity contribution in [3.8, 4) is 0 Å². The standard InChI is InChI=1S/C13H22N2O2/c1-15(7-8-17-2)10-13(16)12-5-3-11(9-14)4-6-12/h3-6,13,16H,7-10,14H2,1-2H3. The third-order valence-electron chi connectivity index (χ3n) is 2.76. The number of aliphatic hydroxyl groups excluding tert-OH is 1. The topological polar surface area (TPSA) is 58.7 Å². The SMILES string of the molecule is COCCN(C)CC(O)c1ccc(CN)cc1. The quantitative estimate of drug-likeness (QED) is 0.736. The highest BCUT2D eigenvalue weighted by atomic mass is 16.5. The van der Waals surface area contributed by atoms with Crippen LogP contribution in [0.4, 0.5) is 0 Å². The van der Waals surface area contributed by atoms with E-state index in [1.54, 1.807) is 7.11 Å². The summed E-state index contributed by atoms with van der Waals surface area (Å²) < 4.78 is 4.99. The second-order valence-corrected chi connectivity index (χ2v) is 4.22. The van der Waals surface area contributed by atoms with E-state index in [1.807, 2.05) is 36.2 Å². The fraction of sp³-hybridized carbons (Fsp3) is 0.538. The minimum Gasteiger partial charge on any atom is -0.387 e. The molecule has 1 rings (SSSR count). The Morgan fingerprint density at radius 2 is 2.00 bits per heavy atom. The minimum atomic E-state index is -0.469. The number of ether oxygens (including phenoxy) is 1. The molecule has 96 valence electrons. The zero-order valence-electron chi connectivity index (χ0n) is 10.6. The van der Waals surface area contributed by atoms with Gasteiger partial charge in [0.1, 0.15) is 0 Å². The summed E-state index contributed by atoms with van der Waals surface area (Å²) in [5.74, 6) is 0. The molecule has 0 radical (unpaired) electrons. The number of likely N-dealkylation sites (N-methyl/N-ethyl adjacent to an activating group) is 1. The molecule has 0 saturated heterocycles. The van der Waals surface area contributed by atoms with Crippen molar-refractivity contribution in [1.29, 1.82) is 0 Å². The Kier molecular flexibility index (Phi) is 6.15. The van der Waals surface area contributed by atoms with E-state index in [0.29, 0.717) is 19.7 Å². The molecule has 0 fully saturated rings. The van der Waals surface area contributed by atoms with Gasteiger partial charge in [-0.05, 0) is 18.2 Å². The van der Waals surface area contributed by atoms with Gasteiger partial charge in [0.25, 0.3) is 0 Å². The third kappa shape index (κ3) is 4.83. The Labute approximate surface area is 103 Å². The van der Waals surface area contributed by atoms with Crippen LogP contribution in [0.25, 0.3) is 0 Å². The summed E-state index contributed by atoms with van der Waals surface area (Å²) in [6.07, 6.45) is -0.469. The highest BCUT2D eigenvalue weighted by Crippen LogP contribution is 2.14. The predicted octanol–water partition coefficient (Wildman–Crippen LogP) is 0.757. The van der Waals surface area contributed by atoms with Crippen molar-refractivity contribution in [1.82, 2.24) is 4.90 Å². The van der Waals surface area contributed by atoms with Crippen molar-refractivity contribution in [2.24, 2.45) is 5.73 Å². The lowest BCUT2D eigenvalue weighted by molar-refractivity contribution is 0.103. The molecule has 0 heterocycles. The van der Waals surface area contributed by atoms with Gasteiger partial charge in [-0.1, -0.05) is 24.3 Å². The van der Waals surface area contributed by atoms with Crippen LogP contribution in [-0.2, 0) is 11.3 Å². The predicted molar refractivity (Wildman–Crippen MR) is 68.7 cm³/mol. The van der Waals surface area contributed by atoms with E-state index in [9.17, 15) is 5.11 Å². The number of hydrogen-bond acceptors (Lipinski definition) is 4. The maximum Gasteiger partial charge on any atom is 0.0916 e. The van der Waals surface area contributed by atoms with Gasteiger partial charge in [0.05, 0.1) is 12.7 Å². The maximum absolute atomic E-state index is 10.0. The summed E-state index contributed by atoms with van der Waals surface area (Å²) in [6.45, 7) is 2.62. The van der Waals surface area contributed by atoms with Crippen molar-refractivity contribution in [3.63, 3.8) is 0 Å². The van der Waals surface area contributed by atoms with Crippen molar-refractivity contribution in [2.45, 2.75) is 12.6 Å². The van der Waals surface area contributed by atoms with E-state index >= 15 is 0 Å². The average molecular weight is 238 g/mol. The minimum absolute atomic E-state index is 0.469. The van der Waals surface area contributed by atoms with Gasteiger partial charge in [-0.3, -0.25) is 0 Å². The molecule has 3 N–H and O–H groups in total. The van der Waals surface area contributed by atoms with Crippen molar-refractivity contribution >= 4 is 0 Å². The van der Waals surface area contributed by atoms with E-state index in [1.165, 1.54) is 0 Å². The van der Waals surface area contributed by atoms with Gasteiger partial charge < -0.3 is 20.5 Å². The summed E-state index contributed by atoms with van der Waals surface area (Å²) in [4.78, 5) is 2.05. The first kappa shape index (κ1) is 14.1. The van der Waals surface area contributed by atoms with E-state index in [0.717, 1.165) is 17.7 Å². The molecule has 0 aromatic heterocycles. The average Bonchev–Trinajstić information content (AvgIpc) is 2.36. The number of aliphatic hydroxyl groups is 1. The van der Waals surface area contributed by atoms with Gasteiger partial charge >= 0.3 is 0 Å². The second kappa shape index (κ2) is 7.40. The number of nitrogens with two attached hydrogens (primary N) is 1. The van der Waals surface area contributed by atoms with Crippen LogP contribution < -0.4 is 5.73 Å². The molecule has 1 aromatic carbocycles. The first-order chi connectivity index (χ1) is 8.17. The number of methoxy groups -OCH3 is 1. The van der Waals surface area contributed by atoms with Crippen LogP contribution in [0.15, 0.2) is 24.3 Å². The summed E-state index contributed by atoms with van der Waals surface area (Å²) >= 11 is 0. The monoisotopic (exact) mass is 238 g/mol. The Morgan fingerprint density at radius 3 is 2.53 bits per heavy atom. The molecule has 4 nitrogen and oxygen atoms in total. The van der Waals surface area contributed by atoms with Crippen LogP contribution >= 0.6 is 0 Å². The Bertz CT molecular complexity index is 314. The molecule has 0 aliphatic heterocycles. The lowest BCUT2D eigenvalue weighted by atomic mass is 10.1. The lowest BCUT2D eigenvalue weighted by Crippen LogP contribution is -2.27. The molecule has 1 aromatic rings. The Morgan fingerprint density at radius 1 is 1.35 bits per heavy atom. The van der Waals surface area contributed by atoms with Gasteiger partial charge in [0.15, 0.2) is 0 Å². The fourth-order valence-electron chi connectivity index (χ4n) is 1.61. The Balaban J connectivity index is 2.47. The van der Waals surface area contributed by atoms with Gasteiger partial charge in [0, 0.05) is 26.7 Å². The number of rotatable bonds is 7. The third-order valence-corrected chi connectivity index (χ3v) is 2.76. The first-order valence-corrected chi connectivity index (χ1v) is 5.81. The summed E-state index contributed by atoms with van der Waals surface area (Å²) in [7, 11) is 3.65. The number of hydrogen-bond donors (Lipinski definition) is 2. The molecule has 0 bridgehead atoms. The van der Waals surface area contributed by atoms with Crippen LogP contribution in [0.3, 0.4) is 0 Å². The molecule has 1 atom stereocenters. The van der Waals surface area contributed by atoms with Gasteiger partial charge in [-0.2, -0.15) is 0 Å². The molecule has 0 saturated carbocycles. The Hall–Kier alpha value is -0.940. The van der Waals surface area contributed by atoms with Gasteiger partial charge in [-0.15, -0.1) is 0 Å². The smallest absolute Gasteiger partial charge is 0.0916 e. The zero-order chi connectivity index (χ0) is 12.7. The van der Waals surface area contributed by atoms with Crippen LogP contribution in [0, 0.1) is 0 Å². The van der Waals surface area contributed by atoms with Crippen molar-refractivity contribution < 1.29 is 9.84 Å². The highest BCUT2D eigenvalue weighted by molar-refractivity contribution is 5.24. The molecule has 0 spiro atoms. The van der Waals surface area contributed by atoms with Crippen molar-refractivity contribution in [3.05, 3.63) is 35.4 Å². The van der Waals surface area contributed by atoms with E-state index < -0.39 is 6.10 Å². The molecule has 0 amide bonds. The molecular weight excluding hydrogens is 216 g/mol. The molecule has 1 unspecified atom stereocenters. The van der Waals surface area contributed by atoms with Gasteiger partial charge in [-0.25, -0.2) is 0 Å². The molecule has 17 heavy (non-hydrogen) atoms. The van der Waals surface area contributed by atoms with Crippen LogP contribution in [-0.4, -0.2) is 43.9 Å². The van der Waals surface area contributed by atoms with Crippen molar-refractivity contribution in [2.75, 3.05) is 33.9 Å². The first-order valence-electron chi connectivity index (χ1n) is 5.81. The summed E-state index contributed by atoms with van der Waals surface area (Å²) in [5.41, 5.74) is 7.53. The molecule has 4 heteroatoms. The number of nitrogens with zero attached hydrogens (tertiary/aromatic N) is 1. The normalized spacial score (nSPS) is 13.0. The van der Waals surface area contributed by atoms with Crippen LogP contribution in [0.5, 0.6) is 0 Å². The summed E-state index contributed by atoms with van der Waals surface area (Å²) in [6, 6.07) is 7.76. The molecular formula is C13H22N2O2. The van der Waals surface area contributed by atoms with E-state index in [2.05, 4.69) is 0 Å². The van der Waals surface area contributed by atoms with E-state index in [-0.39, 0.29) is 0 Å². The highest BCUT2D eigenvalue weighted by Gasteiger charge is 2.10. The molecule has 0 aliphatic rings. The summed E-state index contributed by atoms with van der Waals surface area (Å²) in [5, 5.41) is 10.0. The lowest BCUT2D eigenvalue weighted by Gasteiger charge is -2.20. The fourth-order valence-corrected chi connectivity index (χ4v) is 1.61. The van der Waals surface area contributed by atoms with E-state index in [4.69, 9.17) is 10.5 Å². The largest absolute Gasteiger partial charge is 0.387 e. The van der Waals surface area contributed by atoms with Crippen LogP contribution in [0.2, 0.25) is 0 Å². The zero-order valence-corrected chi connectivity index (χ0v) is 10.6. The van der Waals surface area contributed by atoms with Crippen LogP contribution in [0.1, 0.15) is 17.2 Å². The van der Waals surface area contributed by atoms with Gasteiger partial charge in [0.2, 0.25) is 0 Å². The molecule has 0 aliphatic carbocycles. The second-order valence-electron chi connectivity index (χ2n) is 4.22.